The van der Waals surface area contributed by atoms with Gasteiger partial charge in [-0.15, -0.1) is 11.3 Å². The monoisotopic (exact) mass is 507 g/mol. The van der Waals surface area contributed by atoms with Gasteiger partial charge in [-0.25, -0.2) is 9.78 Å². The summed E-state index contributed by atoms with van der Waals surface area (Å²) in [5.41, 5.74) is 5.83. The molecule has 4 aromatic rings. The van der Waals surface area contributed by atoms with Gasteiger partial charge in [-0.3, -0.25) is 5.43 Å². The van der Waals surface area contributed by atoms with Crippen molar-refractivity contribution in [2.24, 2.45) is 5.10 Å². The van der Waals surface area contributed by atoms with Gasteiger partial charge in [-0.2, -0.15) is 5.10 Å². The summed E-state index contributed by atoms with van der Waals surface area (Å²) in [5.74, 6) is 0.637. The zero-order chi connectivity index (χ0) is 24.6. The van der Waals surface area contributed by atoms with Crippen molar-refractivity contribution in [2.45, 2.75) is 6.92 Å². The molecule has 0 bridgehead atoms. The fourth-order valence-corrected chi connectivity index (χ4v) is 3.96. The smallest absolute Gasteiger partial charge is 0.347 e. The molecule has 35 heavy (non-hydrogen) atoms. The fraction of sp³-hybridized carbons (Fsp3) is 0.115. The molecule has 4 rings (SSSR count). The number of carbonyl (C=O) groups excluding carboxylic acids is 1. The first kappa shape index (κ1) is 24.3. The number of thiazole rings is 1. The third kappa shape index (κ3) is 6.17. The van der Waals surface area contributed by atoms with Crippen molar-refractivity contribution in [3.8, 4) is 28.5 Å². The Hall–Kier alpha value is -3.88. The van der Waals surface area contributed by atoms with Gasteiger partial charge in [0.15, 0.2) is 11.5 Å². The molecule has 0 spiro atoms. The predicted octanol–water partition coefficient (Wildman–Crippen LogP) is 6.54. The number of hydrogen-bond donors (Lipinski definition) is 1. The Morgan fingerprint density at radius 3 is 2.66 bits per heavy atom. The minimum absolute atomic E-state index is 0.306. The van der Waals surface area contributed by atoms with Crippen molar-refractivity contribution >= 4 is 40.3 Å². The van der Waals surface area contributed by atoms with Gasteiger partial charge in [0.2, 0.25) is 5.13 Å². The van der Waals surface area contributed by atoms with Gasteiger partial charge in [0, 0.05) is 16.0 Å². The molecule has 0 saturated heterocycles. The molecule has 0 aliphatic carbocycles. The van der Waals surface area contributed by atoms with E-state index in [1.807, 2.05) is 36.6 Å². The number of nitrogens with zero attached hydrogens (tertiary/aromatic N) is 2. The van der Waals surface area contributed by atoms with E-state index in [0.29, 0.717) is 39.6 Å². The first-order valence-corrected chi connectivity index (χ1v) is 12.0. The zero-order valence-corrected chi connectivity index (χ0v) is 20.6. The highest BCUT2D eigenvalue weighted by molar-refractivity contribution is 7.14. The van der Waals surface area contributed by atoms with Crippen LogP contribution in [0.4, 0.5) is 5.13 Å². The minimum Gasteiger partial charge on any atom is -0.496 e. The Morgan fingerprint density at radius 1 is 1.09 bits per heavy atom. The van der Waals surface area contributed by atoms with E-state index in [-0.39, 0.29) is 0 Å². The van der Waals surface area contributed by atoms with Crippen LogP contribution in [0.1, 0.15) is 22.8 Å². The number of ether oxygens (including phenoxy) is 3. The summed E-state index contributed by atoms with van der Waals surface area (Å²) in [6, 6.07) is 19.6. The van der Waals surface area contributed by atoms with Gasteiger partial charge in [0.05, 0.1) is 25.6 Å². The number of rotatable bonds is 9. The van der Waals surface area contributed by atoms with Crippen LogP contribution in [0.15, 0.2) is 77.2 Å². The molecule has 1 heterocycles. The quantitative estimate of drug-likeness (QED) is 0.120. The predicted molar refractivity (Wildman–Crippen MR) is 139 cm³/mol. The second-order valence-electron chi connectivity index (χ2n) is 7.14. The molecule has 0 saturated carbocycles. The summed E-state index contributed by atoms with van der Waals surface area (Å²) in [6.45, 7) is 2.26. The molecule has 1 N–H and O–H groups in total. The molecule has 0 aliphatic rings. The van der Waals surface area contributed by atoms with Crippen molar-refractivity contribution in [3.63, 3.8) is 0 Å². The van der Waals surface area contributed by atoms with Crippen molar-refractivity contribution in [2.75, 3.05) is 19.1 Å². The Balaban J connectivity index is 1.45. The lowest BCUT2D eigenvalue weighted by Crippen LogP contribution is -2.11. The molecule has 9 heteroatoms. The maximum absolute atomic E-state index is 12.7. The first-order chi connectivity index (χ1) is 17.1. The van der Waals surface area contributed by atoms with E-state index >= 15 is 0 Å². The number of carbonyl (C=O) groups is 1. The van der Waals surface area contributed by atoms with E-state index in [9.17, 15) is 4.79 Å². The van der Waals surface area contributed by atoms with Gasteiger partial charge in [0.25, 0.3) is 0 Å². The first-order valence-electron chi connectivity index (χ1n) is 10.7. The second-order valence-corrected chi connectivity index (χ2v) is 8.44. The van der Waals surface area contributed by atoms with Gasteiger partial charge in [-0.1, -0.05) is 35.9 Å². The van der Waals surface area contributed by atoms with Gasteiger partial charge in [0.1, 0.15) is 11.3 Å². The van der Waals surface area contributed by atoms with Crippen LogP contribution in [-0.2, 0) is 0 Å². The number of anilines is 1. The number of hydrogen-bond acceptors (Lipinski definition) is 8. The molecule has 0 unspecified atom stereocenters. The molecule has 7 nitrogen and oxygen atoms in total. The van der Waals surface area contributed by atoms with Crippen molar-refractivity contribution < 1.29 is 19.0 Å². The Labute approximate surface area is 212 Å². The number of benzene rings is 3. The molecular formula is C26H22ClN3O4S. The number of hydrazone groups is 1. The van der Waals surface area contributed by atoms with Crippen LogP contribution >= 0.6 is 22.9 Å². The van der Waals surface area contributed by atoms with Crippen LogP contribution in [0.2, 0.25) is 5.02 Å². The summed E-state index contributed by atoms with van der Waals surface area (Å²) in [4.78, 5) is 17.2. The van der Waals surface area contributed by atoms with Crippen molar-refractivity contribution in [1.82, 2.24) is 4.98 Å². The third-order valence-electron chi connectivity index (χ3n) is 4.82. The van der Waals surface area contributed by atoms with Crippen molar-refractivity contribution in [1.29, 1.82) is 0 Å². The topological polar surface area (TPSA) is 82.0 Å². The van der Waals surface area contributed by atoms with E-state index in [0.717, 1.165) is 16.8 Å². The lowest BCUT2D eigenvalue weighted by atomic mass is 10.2. The molecular weight excluding hydrogens is 486 g/mol. The molecule has 0 fully saturated rings. The van der Waals surface area contributed by atoms with Crippen LogP contribution < -0.4 is 19.6 Å². The molecule has 1 aromatic heterocycles. The van der Waals surface area contributed by atoms with E-state index in [2.05, 4.69) is 15.5 Å². The maximum atomic E-state index is 12.7. The number of aromatic nitrogens is 1. The fourth-order valence-electron chi connectivity index (χ4n) is 3.17. The highest BCUT2D eigenvalue weighted by atomic mass is 35.5. The highest BCUT2D eigenvalue weighted by Gasteiger charge is 2.17. The molecule has 0 radical (unpaired) electrons. The van der Waals surface area contributed by atoms with Gasteiger partial charge < -0.3 is 14.2 Å². The highest BCUT2D eigenvalue weighted by Crippen LogP contribution is 2.30. The summed E-state index contributed by atoms with van der Waals surface area (Å²) < 4.78 is 16.5. The Kier molecular flexibility index (Phi) is 7.97. The number of methoxy groups -OCH3 is 1. The molecule has 0 amide bonds. The second kappa shape index (κ2) is 11.5. The van der Waals surface area contributed by atoms with E-state index in [4.69, 9.17) is 25.8 Å². The summed E-state index contributed by atoms with van der Waals surface area (Å²) in [7, 11) is 1.50. The summed E-state index contributed by atoms with van der Waals surface area (Å²) in [5, 5.41) is 7.54. The van der Waals surface area contributed by atoms with Crippen LogP contribution in [-0.4, -0.2) is 30.9 Å². The molecule has 0 atom stereocenters. The standard InChI is InChI=1S/C26H22ClN3O4S/c1-3-33-24-14-17(8-13-23(24)34-25(31)20-6-4-5-7-22(20)32-2)15-28-30-26-29-21(16-35-26)18-9-11-19(27)12-10-18/h4-16H,3H2,1-2H3,(H,29,30). The normalized spacial score (nSPS) is 10.8. The molecule has 3 aromatic carbocycles. The lowest BCUT2D eigenvalue weighted by Gasteiger charge is -2.12. The SMILES string of the molecule is CCOc1cc(C=NNc2nc(-c3ccc(Cl)cc3)cs2)ccc1OC(=O)c1ccccc1OC. The number of para-hydroxylation sites is 1. The zero-order valence-electron chi connectivity index (χ0n) is 19.0. The summed E-state index contributed by atoms with van der Waals surface area (Å²) >= 11 is 7.39. The van der Waals surface area contributed by atoms with Crippen molar-refractivity contribution in [3.05, 3.63) is 88.3 Å². The van der Waals surface area contributed by atoms with Crippen LogP contribution in [0.3, 0.4) is 0 Å². The number of halogens is 1. The largest absolute Gasteiger partial charge is 0.496 e. The average molecular weight is 508 g/mol. The van der Waals surface area contributed by atoms with Gasteiger partial charge >= 0.3 is 5.97 Å². The van der Waals surface area contributed by atoms with E-state index < -0.39 is 5.97 Å². The molecule has 0 aliphatic heterocycles. The third-order valence-corrected chi connectivity index (χ3v) is 5.81. The Morgan fingerprint density at radius 2 is 1.89 bits per heavy atom. The number of nitrogens with one attached hydrogen (secondary N) is 1. The lowest BCUT2D eigenvalue weighted by molar-refractivity contribution is 0.0725. The van der Waals surface area contributed by atoms with Crippen LogP contribution in [0.25, 0.3) is 11.3 Å². The number of esters is 1. The van der Waals surface area contributed by atoms with Crippen LogP contribution in [0, 0.1) is 0 Å². The average Bonchev–Trinajstić information content (AvgIpc) is 3.35. The maximum Gasteiger partial charge on any atom is 0.347 e. The van der Waals surface area contributed by atoms with Crippen LogP contribution in [0.5, 0.6) is 17.2 Å². The minimum atomic E-state index is -0.535. The van der Waals surface area contributed by atoms with E-state index in [1.165, 1.54) is 18.4 Å². The summed E-state index contributed by atoms with van der Waals surface area (Å²) in [6.07, 6.45) is 1.64. The van der Waals surface area contributed by atoms with E-state index in [1.54, 1.807) is 48.7 Å². The van der Waals surface area contributed by atoms with Gasteiger partial charge in [-0.05, 0) is 55.0 Å². The molecule has 178 valence electrons. The Bertz CT molecular complexity index is 1340.